The second-order valence-electron chi connectivity index (χ2n) is 4.95. The number of aryl methyl sites for hydroxylation is 1. The summed E-state index contributed by atoms with van der Waals surface area (Å²) in [6.07, 6.45) is 1.71. The van der Waals surface area contributed by atoms with E-state index in [0.29, 0.717) is 6.54 Å². The molecule has 2 N–H and O–H groups in total. The molecule has 0 fully saturated rings. The average Bonchev–Trinajstić information content (AvgIpc) is 3.13. The van der Waals surface area contributed by atoms with Gasteiger partial charge in [0.25, 0.3) is 0 Å². The number of benzene rings is 1. The van der Waals surface area contributed by atoms with Crippen LogP contribution in [-0.2, 0) is 6.42 Å². The predicted octanol–water partition coefficient (Wildman–Crippen LogP) is 2.73. The van der Waals surface area contributed by atoms with Crippen molar-refractivity contribution in [3.05, 3.63) is 46.9 Å². The van der Waals surface area contributed by atoms with Crippen molar-refractivity contribution in [1.82, 2.24) is 20.0 Å². The van der Waals surface area contributed by atoms with E-state index in [1.165, 1.54) is 23.5 Å². The first-order valence-electron chi connectivity index (χ1n) is 7.02. The number of hydrogen-bond donors (Lipinski definition) is 1. The highest BCUT2D eigenvalue weighted by Gasteiger charge is 2.13. The zero-order valence-electron chi connectivity index (χ0n) is 12.2. The third-order valence-electron chi connectivity index (χ3n) is 3.42. The number of nitrogens with two attached hydrogens (primary N) is 1. The topological polar surface area (TPSA) is 69.6 Å². The van der Waals surface area contributed by atoms with Crippen LogP contribution in [0.1, 0.15) is 17.8 Å². The summed E-state index contributed by atoms with van der Waals surface area (Å²) in [5.74, 6) is -0.254. The normalized spacial score (nSPS) is 11.0. The van der Waals surface area contributed by atoms with Crippen LogP contribution in [0.25, 0.3) is 16.4 Å². The lowest BCUT2D eigenvalue weighted by atomic mass is 10.2. The molecule has 0 amide bonds. The maximum atomic E-state index is 13.0. The van der Waals surface area contributed by atoms with E-state index in [2.05, 4.69) is 15.3 Å². The molecule has 0 unspecified atom stereocenters. The molecule has 3 aromatic rings. The fourth-order valence-corrected chi connectivity index (χ4v) is 2.99. The molecule has 2 heterocycles. The third kappa shape index (κ3) is 2.90. The van der Waals surface area contributed by atoms with Crippen molar-refractivity contribution in [2.24, 2.45) is 5.73 Å². The Morgan fingerprint density at radius 1 is 1.27 bits per heavy atom. The van der Waals surface area contributed by atoms with Gasteiger partial charge in [0.15, 0.2) is 0 Å². The second-order valence-corrected chi connectivity index (χ2v) is 5.78. The molecule has 0 bridgehead atoms. The number of hydrogen-bond acceptors (Lipinski definition) is 5. The number of aromatic nitrogens is 4. The van der Waals surface area contributed by atoms with Crippen molar-refractivity contribution in [3.63, 3.8) is 0 Å². The Bertz CT molecular complexity index is 763. The van der Waals surface area contributed by atoms with E-state index in [1.807, 2.05) is 12.3 Å². The minimum absolute atomic E-state index is 0.254. The molecular formula is C15H16FN5S. The lowest BCUT2D eigenvalue weighted by Gasteiger charge is -1.99. The van der Waals surface area contributed by atoms with E-state index in [0.717, 1.165) is 40.6 Å². The largest absolute Gasteiger partial charge is 0.330 e. The molecular weight excluding hydrogens is 301 g/mol. The van der Waals surface area contributed by atoms with Gasteiger partial charge in [0.2, 0.25) is 5.13 Å². The van der Waals surface area contributed by atoms with Gasteiger partial charge in [-0.25, -0.2) is 9.37 Å². The van der Waals surface area contributed by atoms with Crippen LogP contribution in [0, 0.1) is 12.7 Å². The van der Waals surface area contributed by atoms with Gasteiger partial charge in [-0.2, -0.15) is 4.68 Å². The Kier molecular flexibility index (Phi) is 4.26. The van der Waals surface area contributed by atoms with Crippen molar-refractivity contribution in [3.8, 4) is 16.4 Å². The van der Waals surface area contributed by atoms with Gasteiger partial charge in [-0.05, 0) is 50.6 Å². The molecule has 5 nitrogen and oxygen atoms in total. The first kappa shape index (κ1) is 14.8. The maximum absolute atomic E-state index is 13.0. The number of halogens is 1. The summed E-state index contributed by atoms with van der Waals surface area (Å²) in [6, 6.07) is 6.30. The molecule has 0 spiro atoms. The van der Waals surface area contributed by atoms with Gasteiger partial charge < -0.3 is 5.73 Å². The molecule has 0 saturated carbocycles. The van der Waals surface area contributed by atoms with Crippen LogP contribution in [-0.4, -0.2) is 26.5 Å². The van der Waals surface area contributed by atoms with E-state index in [1.54, 1.807) is 16.8 Å². The van der Waals surface area contributed by atoms with Gasteiger partial charge in [-0.1, -0.05) is 5.21 Å². The smallest absolute Gasteiger partial charge is 0.212 e. The lowest BCUT2D eigenvalue weighted by Crippen LogP contribution is -2.02. The highest BCUT2D eigenvalue weighted by molar-refractivity contribution is 7.12. The van der Waals surface area contributed by atoms with Crippen molar-refractivity contribution < 1.29 is 4.39 Å². The van der Waals surface area contributed by atoms with E-state index >= 15 is 0 Å². The molecule has 114 valence electrons. The molecule has 3 rings (SSSR count). The van der Waals surface area contributed by atoms with Gasteiger partial charge >= 0.3 is 0 Å². The third-order valence-corrected chi connectivity index (χ3v) is 4.24. The second kappa shape index (κ2) is 6.33. The Labute approximate surface area is 131 Å². The van der Waals surface area contributed by atoms with Crippen LogP contribution in [0.4, 0.5) is 4.39 Å². The minimum Gasteiger partial charge on any atom is -0.330 e. The summed E-state index contributed by atoms with van der Waals surface area (Å²) in [5.41, 5.74) is 9.14. The zero-order valence-corrected chi connectivity index (χ0v) is 13.0. The number of thiazole rings is 1. The van der Waals surface area contributed by atoms with E-state index in [-0.39, 0.29) is 5.82 Å². The Hall–Kier alpha value is -2.12. The fourth-order valence-electron chi connectivity index (χ4n) is 2.16. The van der Waals surface area contributed by atoms with Crippen molar-refractivity contribution >= 4 is 11.3 Å². The van der Waals surface area contributed by atoms with Crippen LogP contribution in [0.15, 0.2) is 29.6 Å². The zero-order chi connectivity index (χ0) is 15.5. The molecule has 0 aliphatic carbocycles. The van der Waals surface area contributed by atoms with Crippen molar-refractivity contribution in [2.75, 3.05) is 6.54 Å². The van der Waals surface area contributed by atoms with Crippen LogP contribution in [0.5, 0.6) is 0 Å². The van der Waals surface area contributed by atoms with E-state index in [9.17, 15) is 4.39 Å². The molecule has 0 aliphatic rings. The summed E-state index contributed by atoms with van der Waals surface area (Å²) in [7, 11) is 0. The van der Waals surface area contributed by atoms with Gasteiger partial charge in [0.05, 0.1) is 17.1 Å². The fraction of sp³-hybridized carbons (Fsp3) is 0.267. The Balaban J connectivity index is 1.87. The van der Waals surface area contributed by atoms with Gasteiger partial charge in [-0.3, -0.25) is 0 Å². The molecule has 0 aliphatic heterocycles. The summed E-state index contributed by atoms with van der Waals surface area (Å²) in [4.78, 5) is 4.57. The highest BCUT2D eigenvalue weighted by Crippen LogP contribution is 2.25. The summed E-state index contributed by atoms with van der Waals surface area (Å²) >= 11 is 1.48. The summed E-state index contributed by atoms with van der Waals surface area (Å²) in [5, 5.41) is 11.1. The Morgan fingerprint density at radius 2 is 2.05 bits per heavy atom. The molecule has 1 aromatic carbocycles. The highest BCUT2D eigenvalue weighted by atomic mass is 32.1. The minimum atomic E-state index is -0.254. The first-order chi connectivity index (χ1) is 10.7. The van der Waals surface area contributed by atoms with Gasteiger partial charge in [0.1, 0.15) is 5.82 Å². The molecule has 22 heavy (non-hydrogen) atoms. The molecule has 7 heteroatoms. The summed E-state index contributed by atoms with van der Waals surface area (Å²) < 4.78 is 14.7. The van der Waals surface area contributed by atoms with Crippen molar-refractivity contribution in [1.29, 1.82) is 0 Å². The van der Waals surface area contributed by atoms with Gasteiger partial charge in [-0.15, -0.1) is 16.4 Å². The quantitative estimate of drug-likeness (QED) is 0.785. The van der Waals surface area contributed by atoms with Crippen LogP contribution < -0.4 is 5.73 Å². The van der Waals surface area contributed by atoms with Crippen molar-refractivity contribution in [2.45, 2.75) is 19.8 Å². The Morgan fingerprint density at radius 3 is 2.77 bits per heavy atom. The molecule has 0 atom stereocenters. The standard InChI is InChI=1S/C15H16FN5S/c1-10-13(3-2-8-17)19-20-21(10)15-18-14(9-22-15)11-4-6-12(16)7-5-11/h4-7,9H,2-3,8,17H2,1H3. The molecule has 0 radical (unpaired) electrons. The predicted molar refractivity (Wildman–Crippen MR) is 84.5 cm³/mol. The van der Waals surface area contributed by atoms with E-state index < -0.39 is 0 Å². The first-order valence-corrected chi connectivity index (χ1v) is 7.90. The maximum Gasteiger partial charge on any atom is 0.212 e. The van der Waals surface area contributed by atoms with Crippen LogP contribution in [0.2, 0.25) is 0 Å². The number of rotatable bonds is 5. The van der Waals surface area contributed by atoms with Crippen LogP contribution in [0.3, 0.4) is 0 Å². The lowest BCUT2D eigenvalue weighted by molar-refractivity contribution is 0.628. The molecule has 0 saturated heterocycles. The van der Waals surface area contributed by atoms with Gasteiger partial charge in [0, 0.05) is 10.9 Å². The van der Waals surface area contributed by atoms with E-state index in [4.69, 9.17) is 5.73 Å². The SMILES string of the molecule is Cc1c(CCCN)nnn1-c1nc(-c2ccc(F)cc2)cs1. The molecule has 2 aromatic heterocycles. The summed E-state index contributed by atoms with van der Waals surface area (Å²) in [6.45, 7) is 2.61. The average molecular weight is 317 g/mol. The monoisotopic (exact) mass is 317 g/mol. The number of nitrogens with zero attached hydrogens (tertiary/aromatic N) is 4. The van der Waals surface area contributed by atoms with Crippen LogP contribution >= 0.6 is 11.3 Å².